The first kappa shape index (κ1) is 15.1. The van der Waals surface area contributed by atoms with Crippen LogP contribution in [0, 0.1) is 13.8 Å². The zero-order chi connectivity index (χ0) is 15.4. The number of aromatic amines is 1. The summed E-state index contributed by atoms with van der Waals surface area (Å²) in [6.07, 6.45) is 0.921. The van der Waals surface area contributed by atoms with Crippen molar-refractivity contribution in [2.24, 2.45) is 0 Å². The van der Waals surface area contributed by atoms with E-state index in [2.05, 4.69) is 22.2 Å². The SMILES string of the molecule is CCCOc1ccc(NC)cc1-c1nc(C)c(C)c(=O)[nH]1. The molecule has 0 fully saturated rings. The van der Waals surface area contributed by atoms with Crippen molar-refractivity contribution >= 4 is 5.69 Å². The van der Waals surface area contributed by atoms with E-state index in [0.717, 1.165) is 29.1 Å². The minimum atomic E-state index is -0.117. The third-order valence-corrected chi connectivity index (χ3v) is 3.38. The Morgan fingerprint density at radius 2 is 2.10 bits per heavy atom. The van der Waals surface area contributed by atoms with Crippen LogP contribution in [0.2, 0.25) is 0 Å². The standard InChI is InChI=1S/C16H21N3O2/c1-5-8-21-14-7-6-12(17-4)9-13(14)15-18-11(3)10(2)16(20)19-15/h6-7,9,17H,5,8H2,1-4H3,(H,18,19,20). The molecule has 0 amide bonds. The fourth-order valence-electron chi connectivity index (χ4n) is 1.98. The summed E-state index contributed by atoms with van der Waals surface area (Å²) in [7, 11) is 1.85. The Labute approximate surface area is 124 Å². The van der Waals surface area contributed by atoms with Crippen LogP contribution in [0.15, 0.2) is 23.0 Å². The molecular formula is C16H21N3O2. The number of ether oxygens (including phenoxy) is 1. The third kappa shape index (κ3) is 3.24. The third-order valence-electron chi connectivity index (χ3n) is 3.38. The molecule has 1 aromatic carbocycles. The summed E-state index contributed by atoms with van der Waals surface area (Å²) in [6, 6.07) is 5.76. The lowest BCUT2D eigenvalue weighted by molar-refractivity contribution is 0.318. The molecule has 1 aromatic heterocycles. The maximum Gasteiger partial charge on any atom is 0.254 e. The fraction of sp³-hybridized carbons (Fsp3) is 0.375. The number of hydrogen-bond donors (Lipinski definition) is 2. The zero-order valence-corrected chi connectivity index (χ0v) is 12.9. The number of anilines is 1. The molecule has 0 aliphatic heterocycles. The molecule has 5 heteroatoms. The minimum Gasteiger partial charge on any atom is -0.493 e. The van der Waals surface area contributed by atoms with Crippen LogP contribution < -0.4 is 15.6 Å². The number of H-pyrrole nitrogens is 1. The smallest absolute Gasteiger partial charge is 0.254 e. The molecule has 2 aromatic rings. The van der Waals surface area contributed by atoms with E-state index in [1.807, 2.05) is 32.2 Å². The van der Waals surface area contributed by atoms with Crippen LogP contribution >= 0.6 is 0 Å². The van der Waals surface area contributed by atoms with E-state index in [9.17, 15) is 4.79 Å². The minimum absolute atomic E-state index is 0.117. The molecule has 112 valence electrons. The molecule has 0 radical (unpaired) electrons. The molecule has 0 spiro atoms. The van der Waals surface area contributed by atoms with Gasteiger partial charge in [0.1, 0.15) is 11.6 Å². The predicted molar refractivity (Wildman–Crippen MR) is 85.1 cm³/mol. The normalized spacial score (nSPS) is 10.5. The Kier molecular flexibility index (Phi) is 4.62. The first-order valence-corrected chi connectivity index (χ1v) is 7.09. The monoisotopic (exact) mass is 287 g/mol. The highest BCUT2D eigenvalue weighted by Gasteiger charge is 2.12. The quantitative estimate of drug-likeness (QED) is 0.887. The molecule has 2 rings (SSSR count). The average molecular weight is 287 g/mol. The Bertz CT molecular complexity index is 692. The number of rotatable bonds is 5. The molecule has 0 bridgehead atoms. The van der Waals surface area contributed by atoms with Gasteiger partial charge in [-0.1, -0.05) is 6.92 Å². The summed E-state index contributed by atoms with van der Waals surface area (Å²) in [6.45, 7) is 6.28. The largest absolute Gasteiger partial charge is 0.493 e. The first-order chi connectivity index (χ1) is 10.1. The molecule has 0 atom stereocenters. The Hall–Kier alpha value is -2.30. The van der Waals surface area contributed by atoms with Gasteiger partial charge in [-0.05, 0) is 38.5 Å². The Morgan fingerprint density at radius 1 is 1.33 bits per heavy atom. The molecule has 21 heavy (non-hydrogen) atoms. The highest BCUT2D eigenvalue weighted by Crippen LogP contribution is 2.30. The van der Waals surface area contributed by atoms with Crippen molar-refractivity contribution in [2.75, 3.05) is 19.0 Å². The van der Waals surface area contributed by atoms with Gasteiger partial charge < -0.3 is 15.0 Å². The lowest BCUT2D eigenvalue weighted by Crippen LogP contribution is -2.14. The topological polar surface area (TPSA) is 67.0 Å². The molecular weight excluding hydrogens is 266 g/mol. The van der Waals surface area contributed by atoms with E-state index in [-0.39, 0.29) is 5.56 Å². The van der Waals surface area contributed by atoms with Crippen LogP contribution in [0.5, 0.6) is 5.75 Å². The van der Waals surface area contributed by atoms with Crippen LogP contribution in [0.4, 0.5) is 5.69 Å². The fourth-order valence-corrected chi connectivity index (χ4v) is 1.98. The van der Waals surface area contributed by atoms with Crippen LogP contribution in [0.25, 0.3) is 11.4 Å². The number of nitrogens with zero attached hydrogens (tertiary/aromatic N) is 1. The van der Waals surface area contributed by atoms with Crippen molar-refractivity contribution in [1.82, 2.24) is 9.97 Å². The average Bonchev–Trinajstić information content (AvgIpc) is 2.50. The highest BCUT2D eigenvalue weighted by atomic mass is 16.5. The number of nitrogens with one attached hydrogen (secondary N) is 2. The molecule has 0 unspecified atom stereocenters. The maximum absolute atomic E-state index is 12.0. The van der Waals surface area contributed by atoms with Gasteiger partial charge >= 0.3 is 0 Å². The van der Waals surface area contributed by atoms with E-state index in [4.69, 9.17) is 4.74 Å². The summed E-state index contributed by atoms with van der Waals surface area (Å²) in [5.74, 6) is 1.26. The van der Waals surface area contributed by atoms with Crippen molar-refractivity contribution in [1.29, 1.82) is 0 Å². The lowest BCUT2D eigenvalue weighted by atomic mass is 10.1. The van der Waals surface area contributed by atoms with E-state index in [1.54, 1.807) is 6.92 Å². The van der Waals surface area contributed by atoms with Gasteiger partial charge in [-0.25, -0.2) is 4.98 Å². The van der Waals surface area contributed by atoms with E-state index < -0.39 is 0 Å². The summed E-state index contributed by atoms with van der Waals surface area (Å²) >= 11 is 0. The summed E-state index contributed by atoms with van der Waals surface area (Å²) in [5, 5.41) is 3.09. The van der Waals surface area contributed by atoms with Crippen LogP contribution in [0.1, 0.15) is 24.6 Å². The molecule has 0 saturated carbocycles. The number of benzene rings is 1. The number of aryl methyl sites for hydroxylation is 1. The lowest BCUT2D eigenvalue weighted by Gasteiger charge is -2.13. The zero-order valence-electron chi connectivity index (χ0n) is 12.9. The second kappa shape index (κ2) is 6.43. The summed E-state index contributed by atoms with van der Waals surface area (Å²) < 4.78 is 5.76. The number of aromatic nitrogens is 2. The van der Waals surface area contributed by atoms with Gasteiger partial charge in [-0.2, -0.15) is 0 Å². The van der Waals surface area contributed by atoms with Gasteiger partial charge in [0.25, 0.3) is 5.56 Å². The molecule has 0 saturated heterocycles. The van der Waals surface area contributed by atoms with Gasteiger partial charge in [0.2, 0.25) is 0 Å². The molecule has 0 aliphatic rings. The second-order valence-corrected chi connectivity index (χ2v) is 4.93. The van der Waals surface area contributed by atoms with Gasteiger partial charge in [0.15, 0.2) is 0 Å². The van der Waals surface area contributed by atoms with Crippen molar-refractivity contribution in [3.8, 4) is 17.1 Å². The van der Waals surface area contributed by atoms with Crippen molar-refractivity contribution in [2.45, 2.75) is 27.2 Å². The molecule has 2 N–H and O–H groups in total. The van der Waals surface area contributed by atoms with E-state index >= 15 is 0 Å². The second-order valence-electron chi connectivity index (χ2n) is 4.93. The highest BCUT2D eigenvalue weighted by molar-refractivity contribution is 5.69. The van der Waals surface area contributed by atoms with Crippen LogP contribution in [-0.4, -0.2) is 23.6 Å². The van der Waals surface area contributed by atoms with Gasteiger partial charge in [0.05, 0.1) is 12.2 Å². The summed E-state index contributed by atoms with van der Waals surface area (Å²) in [5.41, 5.74) is 2.98. The van der Waals surface area contributed by atoms with Gasteiger partial charge in [-0.3, -0.25) is 4.79 Å². The maximum atomic E-state index is 12.0. The Morgan fingerprint density at radius 3 is 2.71 bits per heavy atom. The molecule has 0 aliphatic carbocycles. The van der Waals surface area contributed by atoms with E-state index in [1.165, 1.54) is 0 Å². The summed E-state index contributed by atoms with van der Waals surface area (Å²) in [4.78, 5) is 19.3. The molecule has 1 heterocycles. The van der Waals surface area contributed by atoms with Crippen molar-refractivity contribution in [3.63, 3.8) is 0 Å². The number of hydrogen-bond acceptors (Lipinski definition) is 4. The molecule has 5 nitrogen and oxygen atoms in total. The van der Waals surface area contributed by atoms with Gasteiger partial charge in [0, 0.05) is 24.0 Å². The van der Waals surface area contributed by atoms with Crippen molar-refractivity contribution in [3.05, 3.63) is 39.8 Å². The van der Waals surface area contributed by atoms with Crippen LogP contribution in [-0.2, 0) is 0 Å². The predicted octanol–water partition coefficient (Wildman–Crippen LogP) is 2.88. The van der Waals surface area contributed by atoms with Gasteiger partial charge in [-0.15, -0.1) is 0 Å². The first-order valence-electron chi connectivity index (χ1n) is 7.09. The van der Waals surface area contributed by atoms with E-state index in [0.29, 0.717) is 18.0 Å². The van der Waals surface area contributed by atoms with Crippen LogP contribution in [0.3, 0.4) is 0 Å². The Balaban J connectivity index is 2.57. The van der Waals surface area contributed by atoms with Crippen molar-refractivity contribution < 1.29 is 4.74 Å².